The molecule has 0 radical (unpaired) electrons. The quantitative estimate of drug-likeness (QED) is 0.814. The molecular formula is C9H11F3N2O2S. The van der Waals surface area contributed by atoms with E-state index in [-0.39, 0.29) is 4.90 Å². The topological polar surface area (TPSA) is 72.2 Å². The van der Waals surface area contributed by atoms with Crippen LogP contribution in [0.15, 0.2) is 23.1 Å². The van der Waals surface area contributed by atoms with Crippen molar-refractivity contribution >= 4 is 15.7 Å². The van der Waals surface area contributed by atoms with Crippen molar-refractivity contribution in [3.05, 3.63) is 23.8 Å². The van der Waals surface area contributed by atoms with Crippen LogP contribution in [0.3, 0.4) is 0 Å². The Hall–Kier alpha value is -1.28. The number of alkyl halides is 3. The molecule has 0 atom stereocenters. The van der Waals surface area contributed by atoms with Gasteiger partial charge in [-0.2, -0.15) is 13.2 Å². The molecule has 0 amide bonds. The molecule has 17 heavy (non-hydrogen) atoms. The van der Waals surface area contributed by atoms with Gasteiger partial charge in [0.1, 0.15) is 6.54 Å². The summed E-state index contributed by atoms with van der Waals surface area (Å²) >= 11 is 0. The number of nitrogens with one attached hydrogen (secondary N) is 1. The number of sulfonamides is 1. The predicted octanol–water partition coefficient (Wildman–Crippen LogP) is 1.42. The van der Waals surface area contributed by atoms with Crippen molar-refractivity contribution in [3.63, 3.8) is 0 Å². The lowest BCUT2D eigenvalue weighted by Crippen LogP contribution is -2.34. The Morgan fingerprint density at radius 1 is 1.35 bits per heavy atom. The van der Waals surface area contributed by atoms with Gasteiger partial charge in [0.05, 0.1) is 4.90 Å². The molecule has 0 saturated heterocycles. The van der Waals surface area contributed by atoms with Gasteiger partial charge in [-0.25, -0.2) is 13.1 Å². The minimum absolute atomic E-state index is 0.212. The number of hydrogen-bond donors (Lipinski definition) is 2. The van der Waals surface area contributed by atoms with Crippen LogP contribution >= 0.6 is 0 Å². The third-order valence-electron chi connectivity index (χ3n) is 1.95. The highest BCUT2D eigenvalue weighted by atomic mass is 32.2. The first-order chi connectivity index (χ1) is 7.62. The fraction of sp³-hybridized carbons (Fsp3) is 0.333. The molecular weight excluding hydrogens is 257 g/mol. The summed E-state index contributed by atoms with van der Waals surface area (Å²) in [6.07, 6.45) is -4.59. The minimum atomic E-state index is -4.59. The fourth-order valence-corrected chi connectivity index (χ4v) is 2.47. The molecule has 3 N–H and O–H groups in total. The van der Waals surface area contributed by atoms with E-state index < -0.39 is 22.7 Å². The van der Waals surface area contributed by atoms with Gasteiger partial charge in [-0.15, -0.1) is 0 Å². The van der Waals surface area contributed by atoms with Gasteiger partial charge in [0.15, 0.2) is 0 Å². The SMILES string of the molecule is Cc1cc(N)ccc1S(=O)(=O)NCC(F)(F)F. The van der Waals surface area contributed by atoms with Crippen LogP contribution in [-0.2, 0) is 10.0 Å². The van der Waals surface area contributed by atoms with Crippen LogP contribution in [0.4, 0.5) is 18.9 Å². The van der Waals surface area contributed by atoms with Crippen LogP contribution < -0.4 is 10.5 Å². The minimum Gasteiger partial charge on any atom is -0.399 e. The Bertz CT molecular complexity index is 511. The Kier molecular flexibility index (Phi) is 3.68. The zero-order chi connectivity index (χ0) is 13.3. The van der Waals surface area contributed by atoms with Gasteiger partial charge in [0.25, 0.3) is 0 Å². The molecule has 8 heteroatoms. The Morgan fingerprint density at radius 3 is 2.41 bits per heavy atom. The van der Waals surface area contributed by atoms with Gasteiger partial charge in [-0.3, -0.25) is 0 Å². The maximum Gasteiger partial charge on any atom is 0.402 e. The molecule has 0 saturated carbocycles. The van der Waals surface area contributed by atoms with E-state index >= 15 is 0 Å². The van der Waals surface area contributed by atoms with Crippen molar-refractivity contribution in [2.24, 2.45) is 0 Å². The van der Waals surface area contributed by atoms with E-state index in [0.717, 1.165) is 0 Å². The maximum absolute atomic E-state index is 11.9. The fourth-order valence-electron chi connectivity index (χ4n) is 1.23. The molecule has 0 fully saturated rings. The number of nitrogens with two attached hydrogens (primary N) is 1. The van der Waals surface area contributed by atoms with Crippen LogP contribution in [0.1, 0.15) is 5.56 Å². The normalized spacial score (nSPS) is 12.7. The highest BCUT2D eigenvalue weighted by Crippen LogP contribution is 2.19. The smallest absolute Gasteiger partial charge is 0.399 e. The Morgan fingerprint density at radius 2 is 1.94 bits per heavy atom. The third kappa shape index (κ3) is 3.90. The van der Waals surface area contributed by atoms with Crippen LogP contribution in [0.25, 0.3) is 0 Å². The average Bonchev–Trinajstić information content (AvgIpc) is 2.13. The summed E-state index contributed by atoms with van der Waals surface area (Å²) in [4.78, 5) is -0.212. The molecule has 0 aliphatic heterocycles. The predicted molar refractivity (Wildman–Crippen MR) is 56.8 cm³/mol. The van der Waals surface area contributed by atoms with Crippen LogP contribution in [-0.4, -0.2) is 21.1 Å². The van der Waals surface area contributed by atoms with Crippen LogP contribution in [0.2, 0.25) is 0 Å². The van der Waals surface area contributed by atoms with E-state index in [0.29, 0.717) is 11.3 Å². The first-order valence-corrected chi connectivity index (χ1v) is 6.03. The molecule has 0 spiro atoms. The lowest BCUT2D eigenvalue weighted by atomic mass is 10.2. The van der Waals surface area contributed by atoms with Crippen molar-refractivity contribution in [3.8, 4) is 0 Å². The highest BCUT2D eigenvalue weighted by Gasteiger charge is 2.30. The van der Waals surface area contributed by atoms with E-state index in [9.17, 15) is 21.6 Å². The molecule has 0 aromatic heterocycles. The number of nitrogen functional groups attached to an aromatic ring is 1. The maximum atomic E-state index is 11.9. The summed E-state index contributed by atoms with van der Waals surface area (Å²) in [5.74, 6) is 0. The molecule has 1 aromatic rings. The number of rotatable bonds is 3. The Balaban J connectivity index is 2.98. The molecule has 1 rings (SSSR count). The van der Waals surface area contributed by atoms with Crippen molar-refractivity contribution in [1.82, 2.24) is 4.72 Å². The number of anilines is 1. The van der Waals surface area contributed by atoms with Gasteiger partial charge in [-0.1, -0.05) is 0 Å². The molecule has 96 valence electrons. The molecule has 1 aromatic carbocycles. The molecule has 0 aliphatic rings. The summed E-state index contributed by atoms with van der Waals surface area (Å²) in [5.41, 5.74) is 6.05. The van der Waals surface area contributed by atoms with Crippen molar-refractivity contribution < 1.29 is 21.6 Å². The molecule has 4 nitrogen and oxygen atoms in total. The second-order valence-corrected chi connectivity index (χ2v) is 5.20. The summed E-state index contributed by atoms with van der Waals surface area (Å²) < 4.78 is 60.4. The van der Waals surface area contributed by atoms with Gasteiger partial charge in [-0.05, 0) is 30.7 Å². The molecule has 0 aliphatic carbocycles. The first-order valence-electron chi connectivity index (χ1n) is 4.54. The van der Waals surface area contributed by atoms with E-state index in [2.05, 4.69) is 0 Å². The summed E-state index contributed by atoms with van der Waals surface area (Å²) in [6.45, 7) is -0.141. The van der Waals surface area contributed by atoms with E-state index in [4.69, 9.17) is 5.73 Å². The second kappa shape index (κ2) is 4.53. The van der Waals surface area contributed by atoms with Crippen molar-refractivity contribution in [2.75, 3.05) is 12.3 Å². The lowest BCUT2D eigenvalue weighted by Gasteiger charge is -2.11. The van der Waals surface area contributed by atoms with Crippen LogP contribution in [0, 0.1) is 6.92 Å². The molecule has 0 bridgehead atoms. The monoisotopic (exact) mass is 268 g/mol. The van der Waals surface area contributed by atoms with E-state index in [1.54, 1.807) is 0 Å². The zero-order valence-electron chi connectivity index (χ0n) is 8.88. The Labute approximate surface area is 96.7 Å². The van der Waals surface area contributed by atoms with Crippen molar-refractivity contribution in [2.45, 2.75) is 18.0 Å². The molecule has 0 heterocycles. The lowest BCUT2D eigenvalue weighted by molar-refractivity contribution is -0.121. The third-order valence-corrected chi connectivity index (χ3v) is 3.51. The zero-order valence-corrected chi connectivity index (χ0v) is 9.69. The van der Waals surface area contributed by atoms with E-state index in [1.807, 2.05) is 0 Å². The van der Waals surface area contributed by atoms with Gasteiger partial charge in [0, 0.05) is 5.69 Å². The second-order valence-electron chi connectivity index (χ2n) is 3.46. The standard InChI is InChI=1S/C9H11F3N2O2S/c1-6-4-7(13)2-3-8(6)17(15,16)14-5-9(10,11)12/h2-4,14H,5,13H2,1H3. The number of halogens is 3. The first kappa shape index (κ1) is 13.8. The molecule has 0 unspecified atom stereocenters. The van der Waals surface area contributed by atoms with Crippen LogP contribution in [0.5, 0.6) is 0 Å². The summed E-state index contributed by atoms with van der Waals surface area (Å²) in [6, 6.07) is 3.86. The average molecular weight is 268 g/mol. The number of benzene rings is 1. The number of hydrogen-bond acceptors (Lipinski definition) is 3. The highest BCUT2D eigenvalue weighted by molar-refractivity contribution is 7.89. The summed E-state index contributed by atoms with van der Waals surface area (Å²) in [5, 5.41) is 0. The van der Waals surface area contributed by atoms with E-state index in [1.165, 1.54) is 29.8 Å². The van der Waals surface area contributed by atoms with Gasteiger partial charge in [0.2, 0.25) is 10.0 Å². The van der Waals surface area contributed by atoms with Crippen molar-refractivity contribution in [1.29, 1.82) is 0 Å². The van der Waals surface area contributed by atoms with Gasteiger partial charge >= 0.3 is 6.18 Å². The van der Waals surface area contributed by atoms with Gasteiger partial charge < -0.3 is 5.73 Å². The largest absolute Gasteiger partial charge is 0.402 e. The summed E-state index contributed by atoms with van der Waals surface area (Å²) in [7, 11) is -4.17. The number of aryl methyl sites for hydroxylation is 1.